The molecule has 0 unspecified atom stereocenters. The predicted molar refractivity (Wildman–Crippen MR) is 173 cm³/mol. The lowest BCUT2D eigenvalue weighted by atomic mass is 10.1. The minimum Gasteiger partial charge on any atom is -0.497 e. The maximum Gasteiger partial charge on any atom is 0.265 e. The summed E-state index contributed by atoms with van der Waals surface area (Å²) >= 11 is 6.09. The van der Waals surface area contributed by atoms with E-state index in [2.05, 4.69) is 5.32 Å². The largest absolute Gasteiger partial charge is 0.497 e. The van der Waals surface area contributed by atoms with Gasteiger partial charge in [0.2, 0.25) is 11.8 Å². The van der Waals surface area contributed by atoms with E-state index in [0.29, 0.717) is 41.5 Å². The second kappa shape index (κ2) is 16.2. The van der Waals surface area contributed by atoms with Gasteiger partial charge in [0.15, 0.2) is 11.5 Å². The van der Waals surface area contributed by atoms with Gasteiger partial charge in [0, 0.05) is 30.2 Å². The fraction of sp³-hybridized carbons (Fsp3) is 0.375. The third kappa shape index (κ3) is 8.52. The Morgan fingerprint density at radius 2 is 1.49 bits per heavy atom. The van der Waals surface area contributed by atoms with Crippen molar-refractivity contribution in [1.82, 2.24) is 10.2 Å². The van der Waals surface area contributed by atoms with Gasteiger partial charge in [-0.3, -0.25) is 13.9 Å². The molecule has 244 valence electrons. The summed E-state index contributed by atoms with van der Waals surface area (Å²) in [6.07, 6.45) is 1.00. The van der Waals surface area contributed by atoms with Crippen LogP contribution >= 0.6 is 11.6 Å². The van der Waals surface area contributed by atoms with E-state index in [0.717, 1.165) is 4.31 Å². The molecule has 13 heteroatoms. The number of ether oxygens (including phenoxy) is 4. The molecule has 0 heterocycles. The summed E-state index contributed by atoms with van der Waals surface area (Å²) < 4.78 is 51.3. The number of benzene rings is 3. The lowest BCUT2D eigenvalue weighted by molar-refractivity contribution is -0.140. The number of hydrogen-bond acceptors (Lipinski definition) is 8. The molecule has 11 nitrogen and oxygen atoms in total. The van der Waals surface area contributed by atoms with Crippen LogP contribution in [-0.2, 0) is 26.2 Å². The number of nitrogens with one attached hydrogen (secondary N) is 1. The van der Waals surface area contributed by atoms with Crippen LogP contribution in [-0.4, -0.2) is 72.7 Å². The van der Waals surface area contributed by atoms with Crippen LogP contribution in [0.2, 0.25) is 5.02 Å². The van der Waals surface area contributed by atoms with E-state index in [1.165, 1.54) is 57.6 Å². The summed E-state index contributed by atoms with van der Waals surface area (Å²) in [4.78, 5) is 28.9. The molecule has 2 amide bonds. The second-order valence-corrected chi connectivity index (χ2v) is 12.2. The summed E-state index contributed by atoms with van der Waals surface area (Å²) in [6, 6.07) is 14.8. The van der Waals surface area contributed by atoms with Crippen LogP contribution in [0.15, 0.2) is 65.6 Å². The normalized spacial score (nSPS) is 11.7. The molecule has 0 aliphatic rings. The predicted octanol–water partition coefficient (Wildman–Crippen LogP) is 4.90. The van der Waals surface area contributed by atoms with Crippen LogP contribution in [0.4, 0.5) is 5.69 Å². The van der Waals surface area contributed by atoms with E-state index in [9.17, 15) is 18.0 Å². The smallest absolute Gasteiger partial charge is 0.265 e. The number of methoxy groups -OCH3 is 4. The van der Waals surface area contributed by atoms with Gasteiger partial charge in [0.1, 0.15) is 24.1 Å². The zero-order valence-corrected chi connectivity index (χ0v) is 27.9. The first-order valence-corrected chi connectivity index (χ1v) is 16.1. The topological polar surface area (TPSA) is 124 Å². The third-order valence-electron chi connectivity index (χ3n) is 7.08. The molecular weight excluding hydrogens is 622 g/mol. The van der Waals surface area contributed by atoms with Crippen molar-refractivity contribution in [2.75, 3.05) is 45.8 Å². The Labute approximate surface area is 270 Å². The first kappa shape index (κ1) is 35.3. The van der Waals surface area contributed by atoms with Gasteiger partial charge < -0.3 is 29.2 Å². The average Bonchev–Trinajstić information content (AvgIpc) is 3.05. The third-order valence-corrected chi connectivity index (χ3v) is 9.09. The van der Waals surface area contributed by atoms with Crippen molar-refractivity contribution in [2.45, 2.75) is 44.2 Å². The minimum atomic E-state index is -4.45. The van der Waals surface area contributed by atoms with E-state index in [1.54, 1.807) is 43.3 Å². The monoisotopic (exact) mass is 661 g/mol. The summed E-state index contributed by atoms with van der Waals surface area (Å²) in [5.41, 5.74) is 0.776. The molecule has 0 radical (unpaired) electrons. The standard InChI is InChI=1S/C32H40ClN3O8S/c1-7-17-34-32(38)26(8-2)35(20-22-9-11-23(33)12-10-22)31(37)21-36(27-18-24(41-3)13-15-28(27)42-4)45(39,40)25-14-16-29(43-5)30(19-25)44-6/h9-16,18-19,26H,7-8,17,20-21H2,1-6H3,(H,34,38)/t26-/m0/s1. The molecule has 0 aliphatic carbocycles. The van der Waals surface area contributed by atoms with E-state index in [4.69, 9.17) is 30.5 Å². The van der Waals surface area contributed by atoms with Gasteiger partial charge in [-0.05, 0) is 54.8 Å². The number of amides is 2. The highest BCUT2D eigenvalue weighted by Crippen LogP contribution is 2.38. The van der Waals surface area contributed by atoms with E-state index < -0.39 is 28.5 Å². The van der Waals surface area contributed by atoms with Crippen molar-refractivity contribution in [3.05, 3.63) is 71.2 Å². The number of nitrogens with zero attached hydrogens (tertiary/aromatic N) is 2. The van der Waals surface area contributed by atoms with Gasteiger partial charge in [0.25, 0.3) is 10.0 Å². The van der Waals surface area contributed by atoms with Crippen molar-refractivity contribution in [2.24, 2.45) is 0 Å². The molecule has 3 aromatic carbocycles. The Morgan fingerprint density at radius 3 is 2.07 bits per heavy atom. The van der Waals surface area contributed by atoms with Crippen LogP contribution < -0.4 is 28.6 Å². The molecule has 0 bridgehead atoms. The van der Waals surface area contributed by atoms with E-state index in [1.807, 2.05) is 6.92 Å². The maximum atomic E-state index is 14.4. The van der Waals surface area contributed by atoms with Gasteiger partial charge in [-0.25, -0.2) is 8.42 Å². The molecule has 0 aliphatic heterocycles. The highest BCUT2D eigenvalue weighted by atomic mass is 35.5. The summed E-state index contributed by atoms with van der Waals surface area (Å²) in [5.74, 6) is 0.0904. The van der Waals surface area contributed by atoms with Gasteiger partial charge in [-0.2, -0.15) is 0 Å². The van der Waals surface area contributed by atoms with Crippen LogP contribution in [0, 0.1) is 0 Å². The van der Waals surface area contributed by atoms with Gasteiger partial charge >= 0.3 is 0 Å². The minimum absolute atomic E-state index is 0.0353. The molecule has 3 aromatic rings. The highest BCUT2D eigenvalue weighted by molar-refractivity contribution is 7.92. The van der Waals surface area contributed by atoms with E-state index in [-0.39, 0.29) is 34.5 Å². The average molecular weight is 662 g/mol. The molecule has 0 saturated heterocycles. The fourth-order valence-electron chi connectivity index (χ4n) is 4.68. The van der Waals surface area contributed by atoms with Gasteiger partial charge in [-0.15, -0.1) is 0 Å². The molecular formula is C32H40ClN3O8S. The summed E-state index contributed by atoms with van der Waals surface area (Å²) in [6.45, 7) is 3.52. The van der Waals surface area contributed by atoms with Crippen molar-refractivity contribution >= 4 is 39.1 Å². The maximum absolute atomic E-state index is 14.4. The quantitative estimate of drug-likeness (QED) is 0.230. The van der Waals surface area contributed by atoms with Crippen LogP contribution in [0.3, 0.4) is 0 Å². The van der Waals surface area contributed by atoms with Crippen LogP contribution in [0.5, 0.6) is 23.0 Å². The molecule has 1 N–H and O–H groups in total. The SMILES string of the molecule is CCCNC(=O)[C@H](CC)N(Cc1ccc(Cl)cc1)C(=O)CN(c1cc(OC)ccc1OC)S(=O)(=O)c1ccc(OC)c(OC)c1. The molecule has 1 atom stereocenters. The van der Waals surface area contributed by atoms with Gasteiger partial charge in [0.05, 0.1) is 39.0 Å². The number of hydrogen-bond donors (Lipinski definition) is 1. The number of anilines is 1. The van der Waals surface area contributed by atoms with E-state index >= 15 is 0 Å². The molecule has 0 spiro atoms. The van der Waals surface area contributed by atoms with Gasteiger partial charge in [-0.1, -0.05) is 37.6 Å². The summed E-state index contributed by atoms with van der Waals surface area (Å²) in [7, 11) is 1.22. The fourth-order valence-corrected chi connectivity index (χ4v) is 6.24. The highest BCUT2D eigenvalue weighted by Gasteiger charge is 2.35. The number of halogens is 1. The number of carbonyl (C=O) groups excluding carboxylic acids is 2. The first-order valence-electron chi connectivity index (χ1n) is 14.3. The van der Waals surface area contributed by atoms with Crippen molar-refractivity contribution in [1.29, 1.82) is 0 Å². The molecule has 0 aromatic heterocycles. The Kier molecular flexibility index (Phi) is 12.7. The molecule has 0 fully saturated rings. The van der Waals surface area contributed by atoms with Crippen LogP contribution in [0.1, 0.15) is 32.3 Å². The van der Waals surface area contributed by atoms with Crippen molar-refractivity contribution in [3.8, 4) is 23.0 Å². The number of carbonyl (C=O) groups is 2. The zero-order valence-electron chi connectivity index (χ0n) is 26.3. The van der Waals surface area contributed by atoms with Crippen LogP contribution in [0.25, 0.3) is 0 Å². The Morgan fingerprint density at radius 1 is 0.844 bits per heavy atom. The van der Waals surface area contributed by atoms with Crippen molar-refractivity contribution in [3.63, 3.8) is 0 Å². The summed E-state index contributed by atoms with van der Waals surface area (Å²) in [5, 5.41) is 3.38. The second-order valence-electron chi connectivity index (χ2n) is 9.93. The number of sulfonamides is 1. The zero-order chi connectivity index (χ0) is 33.1. The Balaban J connectivity index is 2.18. The first-order chi connectivity index (χ1) is 21.5. The number of rotatable bonds is 16. The Hall–Kier alpha value is -4.16. The van der Waals surface area contributed by atoms with Crippen molar-refractivity contribution < 1.29 is 37.0 Å². The Bertz CT molecular complexity index is 1570. The molecule has 0 saturated carbocycles. The molecule has 45 heavy (non-hydrogen) atoms. The lowest BCUT2D eigenvalue weighted by Crippen LogP contribution is -2.52. The lowest BCUT2D eigenvalue weighted by Gasteiger charge is -2.33. The molecule has 3 rings (SSSR count).